The largest absolute Gasteiger partial charge is 0.481 e. The van der Waals surface area contributed by atoms with Crippen LogP contribution in [0, 0.1) is 62.6 Å². The molecule has 0 spiro atoms. The summed E-state index contributed by atoms with van der Waals surface area (Å²) >= 11 is 0. The van der Waals surface area contributed by atoms with E-state index in [1.54, 1.807) is 12.2 Å². The molecule has 2 aromatic heterocycles. The molecule has 80 heavy (non-hydrogen) atoms. The molecule has 2 aromatic rings. The van der Waals surface area contributed by atoms with Gasteiger partial charge in [-0.3, -0.25) is 9.59 Å². The number of carboxylic acid groups (broad SMARTS) is 1. The maximum absolute atomic E-state index is 14.1. The first-order chi connectivity index (χ1) is 37.2. The van der Waals surface area contributed by atoms with Crippen LogP contribution in [-0.4, -0.2) is 72.3 Å². The van der Waals surface area contributed by atoms with Crippen molar-refractivity contribution in [1.82, 2.24) is 24.7 Å². The van der Waals surface area contributed by atoms with Crippen molar-refractivity contribution in [2.75, 3.05) is 14.2 Å². The third-order valence-corrected chi connectivity index (χ3v) is 15.7. The summed E-state index contributed by atoms with van der Waals surface area (Å²) in [5.41, 5.74) is 5.17. The van der Waals surface area contributed by atoms with Crippen LogP contribution in [0.5, 0.6) is 0 Å². The zero-order chi connectivity index (χ0) is 62.7. The van der Waals surface area contributed by atoms with E-state index in [4.69, 9.17) is 25.5 Å². The number of fused-ring (bicyclic) bond motifs is 2. The number of carboxylic acids is 1. The van der Waals surface area contributed by atoms with Crippen molar-refractivity contribution in [1.29, 1.82) is 0 Å². The van der Waals surface area contributed by atoms with Gasteiger partial charge in [-0.05, 0) is 127 Å². The predicted molar refractivity (Wildman–Crippen MR) is 346 cm³/mol. The molecule has 3 fully saturated rings. The number of aryl methyl sites for hydroxylation is 1. The Morgan fingerprint density at radius 1 is 0.825 bits per heavy atom. The third kappa shape index (κ3) is 25.4. The lowest BCUT2D eigenvalue weighted by molar-refractivity contribution is -0.138. The Kier molecular flexibility index (Phi) is 44.8. The van der Waals surface area contributed by atoms with Crippen molar-refractivity contribution < 1.29 is 29.7 Å². The fourth-order valence-corrected chi connectivity index (χ4v) is 12.0. The molecule has 0 aliphatic heterocycles. The molecule has 3 N–H and O–H groups in total. The summed E-state index contributed by atoms with van der Waals surface area (Å²) in [7, 11) is 2.00. The number of aliphatic hydroxyl groups is 2. The van der Waals surface area contributed by atoms with Gasteiger partial charge in [0.15, 0.2) is 11.6 Å². The van der Waals surface area contributed by atoms with Crippen molar-refractivity contribution in [2.24, 2.45) is 62.6 Å². The van der Waals surface area contributed by atoms with E-state index < -0.39 is 5.97 Å². The molecule has 6 rings (SSSR count). The van der Waals surface area contributed by atoms with Crippen molar-refractivity contribution in [3.8, 4) is 11.6 Å². The van der Waals surface area contributed by atoms with Crippen LogP contribution in [0.1, 0.15) is 241 Å². The summed E-state index contributed by atoms with van der Waals surface area (Å²) in [5.74, 6) is 5.69. The van der Waals surface area contributed by atoms with Gasteiger partial charge < -0.3 is 24.7 Å². The second kappa shape index (κ2) is 42.5. The first-order valence-electron chi connectivity index (χ1n) is 30.2. The van der Waals surface area contributed by atoms with Gasteiger partial charge in [-0.2, -0.15) is 0 Å². The molecule has 464 valence electrons. The van der Waals surface area contributed by atoms with E-state index in [1.165, 1.54) is 50.5 Å². The highest BCUT2D eigenvalue weighted by atomic mass is 16.4. The molecule has 0 bridgehead atoms. The molecule has 0 saturated heterocycles. The fourth-order valence-electron chi connectivity index (χ4n) is 12.0. The molecule has 7 atom stereocenters. The number of aromatic nitrogens is 5. The molecule has 0 aromatic carbocycles. The lowest BCUT2D eigenvalue weighted by atomic mass is 9.48. The Hall–Kier alpha value is -4.35. The summed E-state index contributed by atoms with van der Waals surface area (Å²) in [6.07, 6.45) is 23.2. The molecular formula is C69H127N5O6. The highest BCUT2D eigenvalue weighted by molar-refractivity contribution is 6.00. The second-order valence-corrected chi connectivity index (χ2v) is 23.8. The second-order valence-electron chi connectivity index (χ2n) is 23.8. The topological polar surface area (TPSA) is 168 Å². The summed E-state index contributed by atoms with van der Waals surface area (Å²) < 4.78 is 2.26. The van der Waals surface area contributed by atoms with Crippen molar-refractivity contribution in [2.45, 2.75) is 249 Å². The Labute approximate surface area is 493 Å². The van der Waals surface area contributed by atoms with E-state index in [0.29, 0.717) is 46.6 Å². The minimum Gasteiger partial charge on any atom is -0.481 e. The van der Waals surface area contributed by atoms with E-state index in [1.807, 2.05) is 88.6 Å². The smallest absolute Gasteiger partial charge is 0.304 e. The number of aliphatic carboxylic acids is 1. The van der Waals surface area contributed by atoms with Gasteiger partial charge in [-0.25, -0.2) is 9.97 Å². The van der Waals surface area contributed by atoms with Gasteiger partial charge in [-0.1, -0.05) is 196 Å². The first-order valence-corrected chi connectivity index (χ1v) is 30.2. The molecular weight excluding hydrogens is 995 g/mol. The Morgan fingerprint density at radius 3 is 1.70 bits per heavy atom. The maximum Gasteiger partial charge on any atom is 0.304 e. The number of allylic oxidation sites excluding steroid dienone is 5. The number of rotatable bonds is 15. The quantitative estimate of drug-likeness (QED) is 0.0887. The van der Waals surface area contributed by atoms with Crippen molar-refractivity contribution >= 4 is 18.0 Å². The van der Waals surface area contributed by atoms with Crippen LogP contribution in [-0.2, 0) is 33.8 Å². The third-order valence-electron chi connectivity index (χ3n) is 15.7. The number of nitrogens with zero attached hydrogens (tertiary/aromatic N) is 5. The lowest BCUT2D eigenvalue weighted by Gasteiger charge is -2.56. The standard InChI is InChI=1S/C39H59N5O.C7H12O2.C7H12.C5H10O.3C2H6.C2H4.2CH4O.CH4/c1-9-12-28-30(38(8)17-14-29-26(6)13-16-37(29,7)24-38)15-18-39(20-31(45)33(25(4)5)34(28)39)21-32-42-43-36(44(32)19-10-2)35-40-22-27(11-3)23-41-35;1-4-7(2,3)5-6(8)9;1-5-7(4)6(2)3;1-5(2,3)4-6;6*1-2;/h22-23,25-26,28-30H,9-21,24H2,1-8H3;4H,1,5H2,2-3H3,(H,8,9);5-6H,1,4H2,2-3H3;4H,1-3H3;3*1-2H3;1-2H2;2*2H,1H3;1H4. The zero-order valence-corrected chi connectivity index (χ0v) is 55.3. The van der Waals surface area contributed by atoms with E-state index in [2.05, 4.69) is 117 Å². The van der Waals surface area contributed by atoms with Gasteiger partial charge in [-0.15, -0.1) is 29.9 Å². The minimum atomic E-state index is -0.778. The number of ketones is 1. The summed E-state index contributed by atoms with van der Waals surface area (Å²) in [6.45, 7) is 62.2. The van der Waals surface area contributed by atoms with Gasteiger partial charge >= 0.3 is 5.97 Å². The van der Waals surface area contributed by atoms with Crippen molar-refractivity contribution in [3.63, 3.8) is 0 Å². The van der Waals surface area contributed by atoms with Crippen LogP contribution in [0.4, 0.5) is 0 Å². The molecule has 0 radical (unpaired) electrons. The van der Waals surface area contributed by atoms with Crippen LogP contribution >= 0.6 is 0 Å². The van der Waals surface area contributed by atoms with Crippen LogP contribution < -0.4 is 0 Å². The van der Waals surface area contributed by atoms with E-state index in [0.717, 1.165) is 99.3 Å². The number of hydrogen-bond donors (Lipinski definition) is 3. The van der Waals surface area contributed by atoms with Crippen LogP contribution in [0.25, 0.3) is 11.6 Å². The SMILES string of the molecule is C.C=C.C=CC(=C)C(C)C.C=CC(C)(C)CC(=O)O.CC.CC.CC.CC(C)(C)C=O.CCCC1C2=C(C(C)C)C(=O)CC2(Cc2nnc(-c3ncc(CC)cn3)n2CCC)CCC1C1(C)CCC2C(C)CCC2(C)C1.CO.CO. The predicted octanol–water partition coefficient (Wildman–Crippen LogP) is 18.3. The number of hydrogen-bond acceptors (Lipinski definition) is 9. The molecule has 3 saturated carbocycles. The molecule has 0 amide bonds. The van der Waals surface area contributed by atoms with E-state index in [9.17, 15) is 14.4 Å². The van der Waals surface area contributed by atoms with Crippen molar-refractivity contribution in [3.05, 3.63) is 85.5 Å². The lowest BCUT2D eigenvalue weighted by Crippen LogP contribution is -2.48. The summed E-state index contributed by atoms with van der Waals surface area (Å²) in [4.78, 5) is 43.4. The summed E-state index contributed by atoms with van der Waals surface area (Å²) in [5, 5.41) is 31.9. The molecule has 4 aliphatic rings. The Bertz CT molecular complexity index is 2060. The molecule has 4 aliphatic carbocycles. The molecule has 11 heteroatoms. The van der Waals surface area contributed by atoms with E-state index >= 15 is 0 Å². The Morgan fingerprint density at radius 2 is 1.31 bits per heavy atom. The number of carbonyl (C=O) groups is 3. The minimum absolute atomic E-state index is 0. The van der Waals surface area contributed by atoms with Gasteiger partial charge in [0.1, 0.15) is 12.1 Å². The molecule has 2 heterocycles. The van der Waals surface area contributed by atoms with Gasteiger partial charge in [0.05, 0.1) is 6.42 Å². The zero-order valence-electron chi connectivity index (χ0n) is 55.3. The number of aldehydes is 1. The first kappa shape index (κ1) is 84.5. The monoisotopic (exact) mass is 1120 g/mol. The number of aliphatic hydroxyl groups excluding tert-OH is 2. The number of Topliss-reactive ketones (excluding diaryl/α,β-unsaturated/α-hetero) is 1. The highest BCUT2D eigenvalue weighted by Crippen LogP contribution is 2.67. The normalized spacial score (nSPS) is 22.9. The fraction of sp³-hybridized carbons (Fsp3) is 0.725. The van der Waals surface area contributed by atoms with Crippen LogP contribution in [0.3, 0.4) is 0 Å². The number of carbonyl (C=O) groups excluding carboxylic acids is 2. The van der Waals surface area contributed by atoms with Gasteiger partial charge in [0.2, 0.25) is 5.82 Å². The Balaban J connectivity index is -0.000000442. The summed E-state index contributed by atoms with van der Waals surface area (Å²) in [6, 6.07) is 0. The molecule has 7 unspecified atom stereocenters. The average molecular weight is 1120 g/mol. The molecule has 11 nitrogen and oxygen atoms in total. The van der Waals surface area contributed by atoms with Gasteiger partial charge in [0.25, 0.3) is 0 Å². The van der Waals surface area contributed by atoms with Gasteiger partial charge in [0, 0.05) is 56.8 Å². The van der Waals surface area contributed by atoms with E-state index in [-0.39, 0.29) is 36.0 Å². The van der Waals surface area contributed by atoms with Crippen LogP contribution in [0.2, 0.25) is 0 Å². The average Bonchev–Trinajstić information content (AvgIpc) is 4.08. The van der Waals surface area contributed by atoms with Crippen LogP contribution in [0.15, 0.2) is 74.2 Å². The highest BCUT2D eigenvalue weighted by Gasteiger charge is 2.59. The maximum atomic E-state index is 14.1.